The number of esters is 1. The molecule has 2 N–H and O–H groups in total. The molecule has 0 amide bonds. The summed E-state index contributed by atoms with van der Waals surface area (Å²) >= 11 is 0. The number of Topliss-reactive ketones (excluding diaryl/α,β-unsaturated/α-hetero) is 1. The molecule has 86 valence electrons. The molecule has 0 saturated heterocycles. The van der Waals surface area contributed by atoms with Gasteiger partial charge in [0, 0.05) is 5.56 Å². The van der Waals surface area contributed by atoms with E-state index in [1.807, 2.05) is 0 Å². The average Bonchev–Trinajstić information content (AvgIpc) is 2.84. The molecule has 1 atom stereocenters. The second-order valence-corrected chi connectivity index (χ2v) is 3.06. The zero-order valence-electron chi connectivity index (χ0n) is 8.64. The smallest absolute Gasteiger partial charge is 0.331 e. The number of hydrogen-bond acceptors (Lipinski definition) is 6. The Balaban J connectivity index is 3.35. The monoisotopic (exact) mass is 225 g/mol. The van der Waals surface area contributed by atoms with Crippen molar-refractivity contribution in [2.24, 2.45) is 5.73 Å². The molecule has 1 heterocycles. The van der Waals surface area contributed by atoms with Gasteiger partial charge in [0.25, 0.3) is 0 Å². The maximum Gasteiger partial charge on any atom is 0.331 e. The summed E-state index contributed by atoms with van der Waals surface area (Å²) in [4.78, 5) is 34.4. The molecular formula is C10H11NO5. The topological polar surface area (TPSA) is 99.6 Å². The van der Waals surface area contributed by atoms with Crippen LogP contribution in [0.4, 0.5) is 0 Å². The number of carbonyl (C=O) groups is 3. The number of hydrogen-bond donors (Lipinski definition) is 1. The van der Waals surface area contributed by atoms with Crippen LogP contribution in [-0.2, 0) is 24.5 Å². The zero-order valence-corrected chi connectivity index (χ0v) is 8.64. The number of furan rings is 1. The fourth-order valence-electron chi connectivity index (χ4n) is 1.39. The summed E-state index contributed by atoms with van der Waals surface area (Å²) in [5.74, 6) is -1.71. The number of rotatable bonds is 5. The number of methoxy groups -OCH3 is 1. The summed E-state index contributed by atoms with van der Waals surface area (Å²) in [6, 6.07) is 1.35. The Labute approximate surface area is 91.4 Å². The van der Waals surface area contributed by atoms with Gasteiger partial charge in [-0.2, -0.15) is 0 Å². The van der Waals surface area contributed by atoms with Crippen LogP contribution in [0.5, 0.6) is 0 Å². The lowest BCUT2D eigenvalue weighted by molar-refractivity contribution is -0.153. The normalized spacial score (nSPS) is 13.9. The Kier molecular flexibility index (Phi) is 3.57. The van der Waals surface area contributed by atoms with E-state index in [4.69, 9.17) is 10.2 Å². The lowest BCUT2D eigenvalue weighted by Crippen LogP contribution is -2.48. The second kappa shape index (κ2) is 4.71. The van der Waals surface area contributed by atoms with E-state index in [9.17, 15) is 14.4 Å². The van der Waals surface area contributed by atoms with Crippen LogP contribution in [0.1, 0.15) is 5.56 Å². The first-order chi connectivity index (χ1) is 7.63. The first-order valence-electron chi connectivity index (χ1n) is 4.44. The maximum atomic E-state index is 11.7. The minimum Gasteiger partial charge on any atom is -0.472 e. The Hall–Kier alpha value is -1.95. The summed E-state index contributed by atoms with van der Waals surface area (Å²) in [7, 11) is 1.09. The number of ether oxygens (including phenoxy) is 1. The van der Waals surface area contributed by atoms with Crippen molar-refractivity contribution in [3.63, 3.8) is 0 Å². The molecule has 0 fully saturated rings. The molecule has 0 saturated carbocycles. The Morgan fingerprint density at radius 3 is 2.69 bits per heavy atom. The van der Waals surface area contributed by atoms with Crippen LogP contribution in [0.25, 0.3) is 0 Å². The van der Waals surface area contributed by atoms with Crippen LogP contribution >= 0.6 is 0 Å². The number of nitrogens with two attached hydrogens (primary N) is 1. The molecule has 1 aromatic rings. The molecular weight excluding hydrogens is 214 g/mol. The van der Waals surface area contributed by atoms with Gasteiger partial charge >= 0.3 is 5.97 Å². The third-order valence-electron chi connectivity index (χ3n) is 2.29. The third-order valence-corrected chi connectivity index (χ3v) is 2.29. The molecule has 1 aromatic heterocycles. The highest BCUT2D eigenvalue weighted by Crippen LogP contribution is 2.25. The molecule has 16 heavy (non-hydrogen) atoms. The van der Waals surface area contributed by atoms with Crippen LogP contribution in [0.3, 0.4) is 0 Å². The predicted octanol–water partition coefficient (Wildman–Crippen LogP) is -0.583. The highest BCUT2D eigenvalue weighted by Gasteiger charge is 2.48. The number of ketones is 1. The van der Waals surface area contributed by atoms with Gasteiger partial charge in [-0.25, -0.2) is 0 Å². The standard InChI is InChI=1S/C10H11NO5/c1-15-9(14)10(6-12,8(13)4-11)7-2-3-16-5-7/h2-3,5-6H,4,11H2,1H3. The van der Waals surface area contributed by atoms with Crippen molar-refractivity contribution in [2.75, 3.05) is 13.7 Å². The Morgan fingerprint density at radius 2 is 2.31 bits per heavy atom. The first kappa shape index (κ1) is 12.1. The van der Waals surface area contributed by atoms with Crippen molar-refractivity contribution < 1.29 is 23.5 Å². The maximum absolute atomic E-state index is 11.7. The number of aldehydes is 1. The fourth-order valence-corrected chi connectivity index (χ4v) is 1.39. The molecule has 6 heteroatoms. The van der Waals surface area contributed by atoms with E-state index in [2.05, 4.69) is 4.74 Å². The van der Waals surface area contributed by atoms with Crippen molar-refractivity contribution in [1.82, 2.24) is 0 Å². The first-order valence-corrected chi connectivity index (χ1v) is 4.44. The van der Waals surface area contributed by atoms with Crippen LogP contribution in [0, 0.1) is 0 Å². The molecule has 0 aliphatic rings. The van der Waals surface area contributed by atoms with E-state index in [1.165, 1.54) is 12.3 Å². The fraction of sp³-hybridized carbons (Fsp3) is 0.300. The van der Waals surface area contributed by atoms with Crippen LogP contribution in [0.2, 0.25) is 0 Å². The van der Waals surface area contributed by atoms with E-state index in [-0.39, 0.29) is 11.8 Å². The lowest BCUT2D eigenvalue weighted by Gasteiger charge is -2.21. The molecule has 0 bridgehead atoms. The Bertz CT molecular complexity index is 379. The van der Waals surface area contributed by atoms with Crippen LogP contribution < -0.4 is 5.73 Å². The second-order valence-electron chi connectivity index (χ2n) is 3.06. The van der Waals surface area contributed by atoms with Crippen molar-refractivity contribution in [2.45, 2.75) is 5.41 Å². The van der Waals surface area contributed by atoms with E-state index < -0.39 is 23.7 Å². The quantitative estimate of drug-likeness (QED) is 0.408. The third kappa shape index (κ3) is 1.63. The van der Waals surface area contributed by atoms with Gasteiger partial charge in [-0.15, -0.1) is 0 Å². The summed E-state index contributed by atoms with van der Waals surface area (Å²) in [5.41, 5.74) is 3.28. The van der Waals surface area contributed by atoms with E-state index in [0.717, 1.165) is 13.4 Å². The minimum absolute atomic E-state index is 0.116. The van der Waals surface area contributed by atoms with Gasteiger partial charge in [-0.05, 0) is 6.07 Å². The molecule has 1 unspecified atom stereocenters. The molecule has 0 aliphatic heterocycles. The number of carbonyl (C=O) groups excluding carboxylic acids is 3. The molecule has 0 radical (unpaired) electrons. The van der Waals surface area contributed by atoms with Crippen molar-refractivity contribution >= 4 is 18.0 Å². The van der Waals surface area contributed by atoms with E-state index in [1.54, 1.807) is 0 Å². The van der Waals surface area contributed by atoms with E-state index >= 15 is 0 Å². The molecule has 0 spiro atoms. The largest absolute Gasteiger partial charge is 0.472 e. The molecule has 6 nitrogen and oxygen atoms in total. The average molecular weight is 225 g/mol. The SMILES string of the molecule is COC(=O)C(C=O)(C(=O)CN)c1ccoc1. The summed E-state index contributed by atoms with van der Waals surface area (Å²) in [6.45, 7) is -0.445. The minimum atomic E-state index is -2.02. The predicted molar refractivity (Wildman–Crippen MR) is 52.5 cm³/mol. The van der Waals surface area contributed by atoms with Gasteiger partial charge in [-0.1, -0.05) is 0 Å². The van der Waals surface area contributed by atoms with Gasteiger partial charge < -0.3 is 19.7 Å². The van der Waals surface area contributed by atoms with Crippen molar-refractivity contribution in [1.29, 1.82) is 0 Å². The zero-order chi connectivity index (χ0) is 12.2. The van der Waals surface area contributed by atoms with Gasteiger partial charge in [0.1, 0.15) is 6.29 Å². The van der Waals surface area contributed by atoms with E-state index in [0.29, 0.717) is 0 Å². The highest BCUT2D eigenvalue weighted by atomic mass is 16.5. The Morgan fingerprint density at radius 1 is 1.62 bits per heavy atom. The van der Waals surface area contributed by atoms with Crippen LogP contribution in [-0.4, -0.2) is 31.7 Å². The van der Waals surface area contributed by atoms with Crippen LogP contribution in [0.15, 0.2) is 23.0 Å². The summed E-state index contributed by atoms with van der Waals surface area (Å²) < 4.78 is 9.22. The summed E-state index contributed by atoms with van der Waals surface area (Å²) in [6.07, 6.45) is 2.61. The molecule has 1 rings (SSSR count). The van der Waals surface area contributed by atoms with Gasteiger partial charge in [0.05, 0.1) is 26.2 Å². The van der Waals surface area contributed by atoms with Crippen molar-refractivity contribution in [3.05, 3.63) is 24.2 Å². The highest BCUT2D eigenvalue weighted by molar-refractivity contribution is 6.22. The molecule has 0 aromatic carbocycles. The van der Waals surface area contributed by atoms with Gasteiger partial charge in [0.15, 0.2) is 5.78 Å². The van der Waals surface area contributed by atoms with Gasteiger partial charge in [-0.3, -0.25) is 9.59 Å². The lowest BCUT2D eigenvalue weighted by atomic mass is 9.79. The van der Waals surface area contributed by atoms with Crippen molar-refractivity contribution in [3.8, 4) is 0 Å². The molecule has 0 aliphatic carbocycles. The summed E-state index contributed by atoms with van der Waals surface area (Å²) in [5, 5.41) is 0. The van der Waals surface area contributed by atoms with Gasteiger partial charge in [0.2, 0.25) is 5.41 Å².